The standard InChI is InChI=1S/C13H25NOS/c1-11(2)3-4-12-13(15-8-7-14-12)5-9-16-10-6-13/h11-12,14H,3-10H2,1-2H3. The second-order valence-electron chi connectivity index (χ2n) is 5.50. The van der Waals surface area contributed by atoms with Crippen molar-refractivity contribution in [3.8, 4) is 0 Å². The number of rotatable bonds is 3. The molecule has 0 saturated carbocycles. The van der Waals surface area contributed by atoms with Crippen molar-refractivity contribution in [2.75, 3.05) is 24.7 Å². The molecule has 2 saturated heterocycles. The molecule has 16 heavy (non-hydrogen) atoms. The summed E-state index contributed by atoms with van der Waals surface area (Å²) in [4.78, 5) is 0. The van der Waals surface area contributed by atoms with Crippen LogP contribution in [0.5, 0.6) is 0 Å². The van der Waals surface area contributed by atoms with Crippen LogP contribution in [0.1, 0.15) is 39.5 Å². The van der Waals surface area contributed by atoms with Crippen LogP contribution in [0.4, 0.5) is 0 Å². The molecule has 0 radical (unpaired) electrons. The summed E-state index contributed by atoms with van der Waals surface area (Å²) < 4.78 is 6.18. The average Bonchev–Trinajstić information content (AvgIpc) is 2.29. The molecule has 0 aromatic heterocycles. The Balaban J connectivity index is 1.95. The zero-order chi connectivity index (χ0) is 11.4. The molecule has 0 aromatic rings. The zero-order valence-electron chi connectivity index (χ0n) is 10.6. The summed E-state index contributed by atoms with van der Waals surface area (Å²) in [6.07, 6.45) is 5.08. The summed E-state index contributed by atoms with van der Waals surface area (Å²) in [5.41, 5.74) is 0.179. The normalized spacial score (nSPS) is 29.8. The van der Waals surface area contributed by atoms with E-state index in [-0.39, 0.29) is 5.60 Å². The summed E-state index contributed by atoms with van der Waals surface area (Å²) in [7, 11) is 0. The van der Waals surface area contributed by atoms with Crippen LogP contribution in [-0.4, -0.2) is 36.3 Å². The van der Waals surface area contributed by atoms with Crippen LogP contribution in [0.25, 0.3) is 0 Å². The third kappa shape index (κ3) is 2.93. The van der Waals surface area contributed by atoms with E-state index in [4.69, 9.17) is 4.74 Å². The first-order valence-electron chi connectivity index (χ1n) is 6.68. The summed E-state index contributed by atoms with van der Waals surface area (Å²) >= 11 is 2.08. The van der Waals surface area contributed by atoms with Gasteiger partial charge in [0.05, 0.1) is 12.2 Å². The molecule has 0 amide bonds. The average molecular weight is 243 g/mol. The van der Waals surface area contributed by atoms with Gasteiger partial charge in [0, 0.05) is 12.6 Å². The van der Waals surface area contributed by atoms with Gasteiger partial charge in [-0.15, -0.1) is 0 Å². The first kappa shape index (κ1) is 12.7. The van der Waals surface area contributed by atoms with E-state index in [0.717, 1.165) is 19.1 Å². The highest BCUT2D eigenvalue weighted by Crippen LogP contribution is 2.36. The van der Waals surface area contributed by atoms with Gasteiger partial charge >= 0.3 is 0 Å². The third-order valence-corrected chi connectivity index (χ3v) is 4.87. The molecule has 2 fully saturated rings. The minimum Gasteiger partial charge on any atom is -0.372 e. The van der Waals surface area contributed by atoms with Crippen LogP contribution in [-0.2, 0) is 4.74 Å². The van der Waals surface area contributed by atoms with Crippen molar-refractivity contribution in [3.63, 3.8) is 0 Å². The van der Waals surface area contributed by atoms with Gasteiger partial charge in [-0.3, -0.25) is 0 Å². The number of ether oxygens (including phenoxy) is 1. The first-order chi connectivity index (χ1) is 7.73. The van der Waals surface area contributed by atoms with Crippen molar-refractivity contribution in [2.24, 2.45) is 5.92 Å². The van der Waals surface area contributed by atoms with Gasteiger partial charge in [-0.25, -0.2) is 0 Å². The van der Waals surface area contributed by atoms with Crippen LogP contribution < -0.4 is 5.32 Å². The van der Waals surface area contributed by atoms with E-state index in [9.17, 15) is 0 Å². The Morgan fingerprint density at radius 3 is 2.81 bits per heavy atom. The van der Waals surface area contributed by atoms with E-state index >= 15 is 0 Å². The Hall–Kier alpha value is 0.270. The van der Waals surface area contributed by atoms with Gasteiger partial charge in [-0.05, 0) is 43.1 Å². The van der Waals surface area contributed by atoms with Crippen molar-refractivity contribution in [1.82, 2.24) is 5.32 Å². The molecule has 1 N–H and O–H groups in total. The lowest BCUT2D eigenvalue weighted by molar-refractivity contribution is -0.104. The Labute approximate surface area is 104 Å². The molecule has 1 unspecified atom stereocenters. The largest absolute Gasteiger partial charge is 0.372 e. The van der Waals surface area contributed by atoms with E-state index < -0.39 is 0 Å². The Bertz CT molecular complexity index is 206. The van der Waals surface area contributed by atoms with Crippen LogP contribution in [0.2, 0.25) is 0 Å². The molecule has 0 bridgehead atoms. The van der Waals surface area contributed by atoms with Gasteiger partial charge in [-0.2, -0.15) is 11.8 Å². The van der Waals surface area contributed by atoms with Crippen molar-refractivity contribution in [1.29, 1.82) is 0 Å². The molecule has 0 aliphatic carbocycles. The fraction of sp³-hybridized carbons (Fsp3) is 1.00. The topological polar surface area (TPSA) is 21.3 Å². The van der Waals surface area contributed by atoms with E-state index in [1.165, 1.54) is 37.2 Å². The molecule has 2 rings (SSSR count). The molecule has 2 aliphatic heterocycles. The van der Waals surface area contributed by atoms with Crippen molar-refractivity contribution in [2.45, 2.75) is 51.2 Å². The Morgan fingerprint density at radius 2 is 2.12 bits per heavy atom. The lowest BCUT2D eigenvalue weighted by Crippen LogP contribution is -2.59. The summed E-state index contributed by atoms with van der Waals surface area (Å²) in [5.74, 6) is 3.36. The van der Waals surface area contributed by atoms with Gasteiger partial charge in [0.1, 0.15) is 0 Å². The highest BCUT2D eigenvalue weighted by molar-refractivity contribution is 7.99. The maximum absolute atomic E-state index is 6.18. The molecule has 3 heteroatoms. The smallest absolute Gasteiger partial charge is 0.0851 e. The lowest BCUT2D eigenvalue weighted by atomic mass is 9.83. The zero-order valence-corrected chi connectivity index (χ0v) is 11.4. The predicted octanol–water partition coefficient (Wildman–Crippen LogP) is 2.68. The van der Waals surface area contributed by atoms with Crippen LogP contribution in [0, 0.1) is 5.92 Å². The van der Waals surface area contributed by atoms with Crippen LogP contribution in [0.3, 0.4) is 0 Å². The van der Waals surface area contributed by atoms with E-state index in [2.05, 4.69) is 30.9 Å². The number of hydrogen-bond acceptors (Lipinski definition) is 3. The number of thioether (sulfide) groups is 1. The predicted molar refractivity (Wildman–Crippen MR) is 71.1 cm³/mol. The van der Waals surface area contributed by atoms with Gasteiger partial charge < -0.3 is 10.1 Å². The highest BCUT2D eigenvalue weighted by Gasteiger charge is 2.42. The van der Waals surface area contributed by atoms with Gasteiger partial charge in [0.25, 0.3) is 0 Å². The highest BCUT2D eigenvalue weighted by atomic mass is 32.2. The number of nitrogens with one attached hydrogen (secondary N) is 1. The van der Waals surface area contributed by atoms with E-state index in [1.54, 1.807) is 0 Å². The summed E-state index contributed by atoms with van der Waals surface area (Å²) in [5, 5.41) is 3.70. The summed E-state index contributed by atoms with van der Waals surface area (Å²) in [6, 6.07) is 0.601. The van der Waals surface area contributed by atoms with Gasteiger partial charge in [0.15, 0.2) is 0 Å². The molecule has 1 spiro atoms. The minimum atomic E-state index is 0.179. The Morgan fingerprint density at radius 1 is 1.38 bits per heavy atom. The third-order valence-electron chi connectivity index (χ3n) is 3.89. The molecule has 1 atom stereocenters. The lowest BCUT2D eigenvalue weighted by Gasteiger charge is -2.47. The molecule has 2 heterocycles. The SMILES string of the molecule is CC(C)CCC1NCCOC12CCSCC2. The molecular weight excluding hydrogens is 218 g/mol. The Kier molecular flexibility index (Phi) is 4.57. The summed E-state index contributed by atoms with van der Waals surface area (Å²) in [6.45, 7) is 6.57. The first-order valence-corrected chi connectivity index (χ1v) is 7.83. The molecule has 2 nitrogen and oxygen atoms in total. The second kappa shape index (κ2) is 5.74. The van der Waals surface area contributed by atoms with E-state index in [1.807, 2.05) is 0 Å². The van der Waals surface area contributed by atoms with Crippen molar-refractivity contribution < 1.29 is 4.74 Å². The van der Waals surface area contributed by atoms with Gasteiger partial charge in [0.2, 0.25) is 0 Å². The fourth-order valence-electron chi connectivity index (χ4n) is 2.85. The maximum Gasteiger partial charge on any atom is 0.0851 e. The number of morpholine rings is 1. The quantitative estimate of drug-likeness (QED) is 0.823. The maximum atomic E-state index is 6.18. The number of hydrogen-bond donors (Lipinski definition) is 1. The molecular formula is C13H25NOS. The van der Waals surface area contributed by atoms with Crippen LogP contribution in [0.15, 0.2) is 0 Å². The fourth-order valence-corrected chi connectivity index (χ4v) is 4.03. The molecule has 0 aromatic carbocycles. The second-order valence-corrected chi connectivity index (χ2v) is 6.73. The van der Waals surface area contributed by atoms with E-state index in [0.29, 0.717) is 6.04 Å². The van der Waals surface area contributed by atoms with Crippen LogP contribution >= 0.6 is 11.8 Å². The van der Waals surface area contributed by atoms with Gasteiger partial charge in [-0.1, -0.05) is 13.8 Å². The van der Waals surface area contributed by atoms with Crippen molar-refractivity contribution >= 4 is 11.8 Å². The van der Waals surface area contributed by atoms with Crippen molar-refractivity contribution in [3.05, 3.63) is 0 Å². The molecule has 94 valence electrons. The minimum absolute atomic E-state index is 0.179. The molecule has 2 aliphatic rings. The monoisotopic (exact) mass is 243 g/mol.